The molecule has 3 aromatic heterocycles. The number of carbonyl (C=O) groups is 2. The second kappa shape index (κ2) is 9.11. The van der Waals surface area contributed by atoms with Crippen LogP contribution in [0.5, 0.6) is 0 Å². The zero-order chi connectivity index (χ0) is 23.7. The first kappa shape index (κ1) is 21.8. The number of pyridine rings is 1. The molecule has 1 aliphatic heterocycles. The highest BCUT2D eigenvalue weighted by molar-refractivity contribution is 6.11. The third kappa shape index (κ3) is 4.06. The molecule has 4 aromatic rings. The van der Waals surface area contributed by atoms with Crippen LogP contribution >= 0.6 is 0 Å². The van der Waals surface area contributed by atoms with E-state index in [1.165, 1.54) is 10.9 Å². The summed E-state index contributed by atoms with van der Waals surface area (Å²) in [5.74, 6) is -0.598. The number of nitrogens with one attached hydrogen (secondary N) is 1. The number of amides is 2. The highest BCUT2D eigenvalue weighted by Gasteiger charge is 2.33. The maximum atomic E-state index is 13.3. The Balaban J connectivity index is 1.38. The lowest BCUT2D eigenvalue weighted by Crippen LogP contribution is -2.38. The van der Waals surface area contributed by atoms with Gasteiger partial charge in [-0.1, -0.05) is 30.3 Å². The summed E-state index contributed by atoms with van der Waals surface area (Å²) >= 11 is 0. The average molecular weight is 459 g/mol. The van der Waals surface area contributed by atoms with Crippen LogP contribution in [0.15, 0.2) is 61.1 Å². The molecule has 34 heavy (non-hydrogen) atoms. The van der Waals surface area contributed by atoms with Crippen molar-refractivity contribution >= 4 is 23.1 Å². The summed E-state index contributed by atoms with van der Waals surface area (Å²) in [6, 6.07) is 13.5. The predicted molar refractivity (Wildman–Crippen MR) is 128 cm³/mol. The number of rotatable bonds is 6. The highest BCUT2D eigenvalue weighted by atomic mass is 16.5. The predicted octanol–water partition coefficient (Wildman–Crippen LogP) is 3.24. The smallest absolute Gasteiger partial charge is 0.274 e. The SMILES string of the molecule is COC[C@@H]1CCCN1C(=O)c1cnn(C)c1C(=O)Nc1ccn2cc(-c3ccccc3)nc2c1. The molecule has 1 aromatic carbocycles. The molecule has 0 saturated carbocycles. The van der Waals surface area contributed by atoms with Crippen LogP contribution in [-0.4, -0.2) is 62.2 Å². The highest BCUT2D eigenvalue weighted by Crippen LogP contribution is 2.24. The first-order chi connectivity index (χ1) is 16.5. The van der Waals surface area contributed by atoms with E-state index >= 15 is 0 Å². The number of nitrogens with zero attached hydrogens (tertiary/aromatic N) is 5. The van der Waals surface area contributed by atoms with E-state index < -0.39 is 5.91 Å². The normalized spacial score (nSPS) is 15.7. The lowest BCUT2D eigenvalue weighted by Gasteiger charge is -2.24. The summed E-state index contributed by atoms with van der Waals surface area (Å²) in [4.78, 5) is 32.9. The summed E-state index contributed by atoms with van der Waals surface area (Å²) in [7, 11) is 3.29. The average Bonchev–Trinajstić information content (AvgIpc) is 3.57. The van der Waals surface area contributed by atoms with E-state index in [2.05, 4.69) is 15.4 Å². The summed E-state index contributed by atoms with van der Waals surface area (Å²) in [5.41, 5.74) is 3.67. The van der Waals surface area contributed by atoms with Gasteiger partial charge in [-0.05, 0) is 18.9 Å². The number of hydrogen-bond acceptors (Lipinski definition) is 5. The number of aromatic nitrogens is 4. The molecule has 1 N–H and O–H groups in total. The summed E-state index contributed by atoms with van der Waals surface area (Å²) < 4.78 is 8.61. The lowest BCUT2D eigenvalue weighted by molar-refractivity contribution is 0.0627. The zero-order valence-electron chi connectivity index (χ0n) is 19.1. The minimum Gasteiger partial charge on any atom is -0.383 e. The molecule has 1 saturated heterocycles. The van der Waals surface area contributed by atoms with Crippen LogP contribution in [-0.2, 0) is 11.8 Å². The van der Waals surface area contributed by atoms with Crippen LogP contribution in [0.2, 0.25) is 0 Å². The molecule has 1 atom stereocenters. The van der Waals surface area contributed by atoms with Gasteiger partial charge in [0.25, 0.3) is 11.8 Å². The number of carbonyl (C=O) groups excluding carboxylic acids is 2. The van der Waals surface area contributed by atoms with Crippen molar-refractivity contribution in [2.24, 2.45) is 7.05 Å². The number of likely N-dealkylation sites (tertiary alicyclic amines) is 1. The monoisotopic (exact) mass is 458 g/mol. The molecule has 174 valence electrons. The van der Waals surface area contributed by atoms with Crippen LogP contribution in [0, 0.1) is 0 Å². The molecule has 0 bridgehead atoms. The minimum absolute atomic E-state index is 0.00951. The van der Waals surface area contributed by atoms with Gasteiger partial charge in [0.1, 0.15) is 11.3 Å². The van der Waals surface area contributed by atoms with Crippen molar-refractivity contribution in [1.29, 1.82) is 0 Å². The van der Waals surface area contributed by atoms with Gasteiger partial charge in [0.15, 0.2) is 0 Å². The van der Waals surface area contributed by atoms with Crippen LogP contribution < -0.4 is 5.32 Å². The number of ether oxygens (including phenoxy) is 1. The third-order valence-electron chi connectivity index (χ3n) is 6.17. The maximum Gasteiger partial charge on any atom is 0.274 e. The minimum atomic E-state index is -0.398. The Morgan fingerprint density at radius 1 is 1.21 bits per heavy atom. The second-order valence-corrected chi connectivity index (χ2v) is 8.41. The van der Waals surface area contributed by atoms with Gasteiger partial charge in [0, 0.05) is 50.4 Å². The first-order valence-electron chi connectivity index (χ1n) is 11.2. The van der Waals surface area contributed by atoms with Crippen molar-refractivity contribution in [3.63, 3.8) is 0 Å². The van der Waals surface area contributed by atoms with E-state index in [1.807, 2.05) is 47.1 Å². The number of benzene rings is 1. The Morgan fingerprint density at radius 2 is 2.03 bits per heavy atom. The number of aryl methyl sites for hydroxylation is 1. The fraction of sp³-hybridized carbons (Fsp3) is 0.280. The van der Waals surface area contributed by atoms with Crippen molar-refractivity contribution in [3.8, 4) is 11.3 Å². The quantitative estimate of drug-likeness (QED) is 0.479. The van der Waals surface area contributed by atoms with E-state index in [0.29, 0.717) is 24.5 Å². The molecule has 0 unspecified atom stereocenters. The molecule has 0 aliphatic carbocycles. The molecule has 1 fully saturated rings. The maximum absolute atomic E-state index is 13.3. The Morgan fingerprint density at radius 3 is 2.82 bits per heavy atom. The molecule has 9 nitrogen and oxygen atoms in total. The van der Waals surface area contributed by atoms with Crippen molar-refractivity contribution in [3.05, 3.63) is 72.3 Å². The van der Waals surface area contributed by atoms with Gasteiger partial charge >= 0.3 is 0 Å². The number of methoxy groups -OCH3 is 1. The van der Waals surface area contributed by atoms with Gasteiger partial charge in [-0.3, -0.25) is 14.3 Å². The van der Waals surface area contributed by atoms with Crippen molar-refractivity contribution in [1.82, 2.24) is 24.1 Å². The molecular weight excluding hydrogens is 432 g/mol. The van der Waals surface area contributed by atoms with Crippen LogP contribution in [0.25, 0.3) is 16.9 Å². The molecular formula is C25H26N6O3. The molecule has 1 aliphatic rings. The molecule has 0 spiro atoms. The first-order valence-corrected chi connectivity index (χ1v) is 11.2. The fourth-order valence-corrected chi connectivity index (χ4v) is 4.48. The number of hydrogen-bond donors (Lipinski definition) is 1. The number of anilines is 1. The van der Waals surface area contributed by atoms with Crippen molar-refractivity contribution in [2.75, 3.05) is 25.6 Å². The van der Waals surface area contributed by atoms with E-state index in [0.717, 1.165) is 24.1 Å². The van der Waals surface area contributed by atoms with Gasteiger partial charge in [-0.25, -0.2) is 4.98 Å². The molecule has 0 radical (unpaired) electrons. The summed E-state index contributed by atoms with van der Waals surface area (Å²) in [5, 5.41) is 7.09. The zero-order valence-corrected chi connectivity index (χ0v) is 19.1. The second-order valence-electron chi connectivity index (χ2n) is 8.41. The standard InChI is InChI=1S/C25H26N6O3/c1-29-23(20(14-26-29)25(33)31-11-6-9-19(31)16-34-2)24(32)27-18-10-12-30-15-21(28-22(30)13-18)17-7-4-3-5-8-17/h3-5,7-8,10,12-15,19H,6,9,11,16H2,1-2H3,(H,27,32)/t19-/m0/s1. The third-order valence-corrected chi connectivity index (χ3v) is 6.17. The van der Waals surface area contributed by atoms with Crippen molar-refractivity contribution < 1.29 is 14.3 Å². The lowest BCUT2D eigenvalue weighted by atomic mass is 10.1. The van der Waals surface area contributed by atoms with Gasteiger partial charge in [-0.15, -0.1) is 0 Å². The summed E-state index contributed by atoms with van der Waals surface area (Å²) in [6.45, 7) is 1.12. The van der Waals surface area contributed by atoms with Crippen LogP contribution in [0.3, 0.4) is 0 Å². The van der Waals surface area contributed by atoms with E-state index in [1.54, 1.807) is 31.2 Å². The van der Waals surface area contributed by atoms with E-state index in [4.69, 9.17) is 4.74 Å². The topological polar surface area (TPSA) is 93.8 Å². The molecule has 5 rings (SSSR count). The van der Waals surface area contributed by atoms with E-state index in [9.17, 15) is 9.59 Å². The summed E-state index contributed by atoms with van der Waals surface area (Å²) in [6.07, 6.45) is 7.05. The van der Waals surface area contributed by atoms with Crippen LogP contribution in [0.1, 0.15) is 33.7 Å². The number of imidazole rings is 1. The van der Waals surface area contributed by atoms with E-state index in [-0.39, 0.29) is 23.2 Å². The largest absolute Gasteiger partial charge is 0.383 e. The Hall–Kier alpha value is -3.98. The van der Waals surface area contributed by atoms with Gasteiger partial charge in [0.2, 0.25) is 0 Å². The Labute approximate surface area is 197 Å². The molecule has 9 heteroatoms. The number of fused-ring (bicyclic) bond motifs is 1. The van der Waals surface area contributed by atoms with Crippen molar-refractivity contribution in [2.45, 2.75) is 18.9 Å². The Kier molecular flexibility index (Phi) is 5.85. The fourth-order valence-electron chi connectivity index (χ4n) is 4.48. The molecule has 2 amide bonds. The van der Waals surface area contributed by atoms with Gasteiger partial charge in [-0.2, -0.15) is 5.10 Å². The van der Waals surface area contributed by atoms with Crippen LogP contribution in [0.4, 0.5) is 5.69 Å². The van der Waals surface area contributed by atoms with Gasteiger partial charge in [0.05, 0.1) is 30.1 Å². The van der Waals surface area contributed by atoms with Gasteiger partial charge < -0.3 is 19.4 Å². The molecule has 4 heterocycles. The Bertz CT molecular complexity index is 1340.